The first kappa shape index (κ1) is 18.2. The van der Waals surface area contributed by atoms with Crippen LogP contribution in [0.5, 0.6) is 0 Å². The Kier molecular flexibility index (Phi) is 6.07. The third kappa shape index (κ3) is 4.73. The molecule has 1 amide bonds. The van der Waals surface area contributed by atoms with E-state index in [1.807, 2.05) is 38.2 Å². The van der Waals surface area contributed by atoms with Crippen molar-refractivity contribution in [3.8, 4) is 0 Å². The van der Waals surface area contributed by atoms with Crippen molar-refractivity contribution in [1.82, 2.24) is 10.3 Å². The second-order valence-corrected chi connectivity index (χ2v) is 6.41. The molecule has 0 bridgehead atoms. The van der Waals surface area contributed by atoms with Crippen molar-refractivity contribution >= 4 is 17.4 Å². The topological polar surface area (TPSA) is 66.5 Å². The number of hydrogen-bond donors (Lipinski definition) is 2. The van der Waals surface area contributed by atoms with Crippen molar-refractivity contribution in [2.24, 2.45) is 0 Å². The number of hydrogen-bond acceptors (Lipinski definition) is 5. The van der Waals surface area contributed by atoms with Gasteiger partial charge in [-0.05, 0) is 43.2 Å². The summed E-state index contributed by atoms with van der Waals surface area (Å²) in [5.74, 6) is 0.790. The third-order valence-corrected chi connectivity index (χ3v) is 4.48. The first-order chi connectivity index (χ1) is 12.7. The van der Waals surface area contributed by atoms with Crippen molar-refractivity contribution in [3.05, 3.63) is 53.2 Å². The SMILES string of the molecule is CNc1ccc(CCNC(=O)c2cc(C)nc(N3CCOCC3)c2)cc1. The molecule has 0 spiro atoms. The van der Waals surface area contributed by atoms with Crippen LogP contribution in [-0.4, -0.2) is 50.8 Å². The van der Waals surface area contributed by atoms with Crippen LogP contribution in [0.15, 0.2) is 36.4 Å². The van der Waals surface area contributed by atoms with E-state index in [9.17, 15) is 4.79 Å². The summed E-state index contributed by atoms with van der Waals surface area (Å²) < 4.78 is 5.39. The molecule has 2 N–H and O–H groups in total. The third-order valence-electron chi connectivity index (χ3n) is 4.48. The largest absolute Gasteiger partial charge is 0.388 e. The number of aromatic nitrogens is 1. The van der Waals surface area contributed by atoms with Gasteiger partial charge in [0, 0.05) is 43.6 Å². The van der Waals surface area contributed by atoms with Gasteiger partial charge in [0.05, 0.1) is 13.2 Å². The van der Waals surface area contributed by atoms with Gasteiger partial charge in [-0.15, -0.1) is 0 Å². The number of nitrogens with zero attached hydrogens (tertiary/aromatic N) is 2. The molecule has 0 saturated carbocycles. The average Bonchev–Trinajstić information content (AvgIpc) is 2.68. The lowest BCUT2D eigenvalue weighted by atomic mass is 10.1. The maximum absolute atomic E-state index is 12.5. The molecule has 1 aromatic carbocycles. The van der Waals surface area contributed by atoms with E-state index in [1.54, 1.807) is 0 Å². The van der Waals surface area contributed by atoms with Crippen LogP contribution in [0.25, 0.3) is 0 Å². The number of carbonyl (C=O) groups excluding carboxylic acids is 1. The molecule has 2 heterocycles. The van der Waals surface area contributed by atoms with E-state index < -0.39 is 0 Å². The molecule has 0 radical (unpaired) electrons. The number of nitrogens with one attached hydrogen (secondary N) is 2. The van der Waals surface area contributed by atoms with Gasteiger partial charge in [0.1, 0.15) is 5.82 Å². The van der Waals surface area contributed by atoms with Gasteiger partial charge in [0.15, 0.2) is 0 Å². The molecule has 0 atom stereocenters. The Hall–Kier alpha value is -2.60. The molecule has 1 aliphatic heterocycles. The lowest BCUT2D eigenvalue weighted by Crippen LogP contribution is -2.37. The van der Waals surface area contributed by atoms with Gasteiger partial charge in [-0.25, -0.2) is 4.98 Å². The number of amides is 1. The molecule has 1 fully saturated rings. The van der Waals surface area contributed by atoms with Gasteiger partial charge >= 0.3 is 0 Å². The van der Waals surface area contributed by atoms with Crippen LogP contribution < -0.4 is 15.5 Å². The molecule has 1 aliphatic rings. The summed E-state index contributed by atoms with van der Waals surface area (Å²) in [6, 6.07) is 11.9. The minimum absolute atomic E-state index is 0.0585. The van der Waals surface area contributed by atoms with Crippen molar-refractivity contribution in [2.45, 2.75) is 13.3 Å². The van der Waals surface area contributed by atoms with E-state index >= 15 is 0 Å². The fourth-order valence-corrected chi connectivity index (χ4v) is 3.00. The van der Waals surface area contributed by atoms with E-state index in [0.717, 1.165) is 36.7 Å². The molecule has 26 heavy (non-hydrogen) atoms. The Balaban J connectivity index is 1.59. The smallest absolute Gasteiger partial charge is 0.251 e. The van der Waals surface area contributed by atoms with Crippen molar-refractivity contribution < 1.29 is 9.53 Å². The molecule has 6 heteroatoms. The first-order valence-corrected chi connectivity index (χ1v) is 9.02. The maximum atomic E-state index is 12.5. The van der Waals surface area contributed by atoms with Gasteiger partial charge in [0.2, 0.25) is 0 Å². The van der Waals surface area contributed by atoms with Crippen LogP contribution in [0.1, 0.15) is 21.6 Å². The minimum Gasteiger partial charge on any atom is -0.388 e. The highest BCUT2D eigenvalue weighted by molar-refractivity contribution is 5.95. The molecular weight excluding hydrogens is 328 g/mol. The predicted octanol–water partition coefficient (Wildman–Crippen LogP) is 2.24. The summed E-state index contributed by atoms with van der Waals surface area (Å²) >= 11 is 0. The van der Waals surface area contributed by atoms with Crippen LogP contribution >= 0.6 is 0 Å². The Bertz CT molecular complexity index is 740. The fraction of sp³-hybridized carbons (Fsp3) is 0.400. The molecule has 1 aromatic heterocycles. The Morgan fingerprint density at radius 3 is 2.62 bits per heavy atom. The zero-order chi connectivity index (χ0) is 18.4. The van der Waals surface area contributed by atoms with Crippen LogP contribution in [0.2, 0.25) is 0 Å². The molecule has 0 unspecified atom stereocenters. The van der Waals surface area contributed by atoms with E-state index in [4.69, 9.17) is 4.74 Å². The Morgan fingerprint density at radius 1 is 1.19 bits per heavy atom. The van der Waals surface area contributed by atoms with Crippen LogP contribution in [0.4, 0.5) is 11.5 Å². The zero-order valence-corrected chi connectivity index (χ0v) is 15.4. The van der Waals surface area contributed by atoms with E-state index in [0.29, 0.717) is 25.3 Å². The molecular formula is C20H26N4O2. The van der Waals surface area contributed by atoms with E-state index in [2.05, 4.69) is 32.7 Å². The zero-order valence-electron chi connectivity index (χ0n) is 15.4. The van der Waals surface area contributed by atoms with Gasteiger partial charge in [-0.3, -0.25) is 4.79 Å². The number of benzene rings is 1. The highest BCUT2D eigenvalue weighted by Crippen LogP contribution is 2.16. The fourth-order valence-electron chi connectivity index (χ4n) is 3.00. The van der Waals surface area contributed by atoms with Crippen molar-refractivity contribution in [3.63, 3.8) is 0 Å². The summed E-state index contributed by atoms with van der Waals surface area (Å²) in [6.07, 6.45) is 0.802. The van der Waals surface area contributed by atoms with E-state index in [-0.39, 0.29) is 5.91 Å². The molecule has 0 aliphatic carbocycles. The standard InChI is InChI=1S/C20H26N4O2/c1-15-13-17(14-19(23-15)24-9-11-26-12-10-24)20(25)22-8-7-16-3-5-18(21-2)6-4-16/h3-6,13-14,21H,7-12H2,1-2H3,(H,22,25). The molecule has 1 saturated heterocycles. The Labute approximate surface area is 154 Å². The molecule has 138 valence electrons. The first-order valence-electron chi connectivity index (χ1n) is 9.02. The monoisotopic (exact) mass is 354 g/mol. The molecule has 3 rings (SSSR count). The van der Waals surface area contributed by atoms with Crippen molar-refractivity contribution in [2.75, 3.05) is 50.1 Å². The predicted molar refractivity (Wildman–Crippen MR) is 104 cm³/mol. The van der Waals surface area contributed by atoms with Crippen LogP contribution in [0.3, 0.4) is 0 Å². The number of aryl methyl sites for hydroxylation is 1. The highest BCUT2D eigenvalue weighted by Gasteiger charge is 2.15. The van der Waals surface area contributed by atoms with Gasteiger partial charge in [0.25, 0.3) is 5.91 Å². The highest BCUT2D eigenvalue weighted by atomic mass is 16.5. The van der Waals surface area contributed by atoms with Crippen molar-refractivity contribution in [1.29, 1.82) is 0 Å². The van der Waals surface area contributed by atoms with Crippen LogP contribution in [0, 0.1) is 6.92 Å². The molecule has 2 aromatic rings. The maximum Gasteiger partial charge on any atom is 0.251 e. The molecule has 6 nitrogen and oxygen atoms in total. The number of rotatable bonds is 6. The number of pyridine rings is 1. The number of anilines is 2. The van der Waals surface area contributed by atoms with E-state index in [1.165, 1.54) is 5.56 Å². The average molecular weight is 354 g/mol. The summed E-state index contributed by atoms with van der Waals surface area (Å²) in [7, 11) is 1.90. The minimum atomic E-state index is -0.0585. The summed E-state index contributed by atoms with van der Waals surface area (Å²) in [5, 5.41) is 6.11. The second kappa shape index (κ2) is 8.67. The summed E-state index contributed by atoms with van der Waals surface area (Å²) in [4.78, 5) is 19.3. The Morgan fingerprint density at radius 2 is 1.92 bits per heavy atom. The number of carbonyl (C=O) groups is 1. The van der Waals surface area contributed by atoms with Crippen LogP contribution in [-0.2, 0) is 11.2 Å². The lowest BCUT2D eigenvalue weighted by Gasteiger charge is -2.28. The number of morpholine rings is 1. The van der Waals surface area contributed by atoms with Gasteiger partial charge in [-0.1, -0.05) is 12.1 Å². The summed E-state index contributed by atoms with van der Waals surface area (Å²) in [5.41, 5.74) is 3.79. The second-order valence-electron chi connectivity index (χ2n) is 6.41. The normalized spacial score (nSPS) is 14.2. The number of ether oxygens (including phenoxy) is 1. The lowest BCUT2D eigenvalue weighted by molar-refractivity contribution is 0.0954. The summed E-state index contributed by atoms with van der Waals surface area (Å²) in [6.45, 7) is 5.53. The van der Waals surface area contributed by atoms with Gasteiger partial charge < -0.3 is 20.3 Å². The quantitative estimate of drug-likeness (QED) is 0.833. The van der Waals surface area contributed by atoms with Gasteiger partial charge in [-0.2, -0.15) is 0 Å².